The molecule has 1 atom stereocenters. The van der Waals surface area contributed by atoms with Crippen LogP contribution in [0.5, 0.6) is 0 Å². The van der Waals surface area contributed by atoms with Crippen LogP contribution in [0.4, 0.5) is 9.52 Å². The van der Waals surface area contributed by atoms with Crippen LogP contribution < -0.4 is 16.4 Å². The zero-order chi connectivity index (χ0) is 18.4. The molecule has 0 spiro atoms. The van der Waals surface area contributed by atoms with Gasteiger partial charge in [-0.25, -0.2) is 9.37 Å². The lowest BCUT2D eigenvalue weighted by molar-refractivity contribution is -0.125. The van der Waals surface area contributed by atoms with Crippen LogP contribution >= 0.6 is 23.7 Å². The van der Waals surface area contributed by atoms with Gasteiger partial charge in [-0.3, -0.25) is 9.59 Å². The first kappa shape index (κ1) is 22.0. The second-order valence-corrected chi connectivity index (χ2v) is 7.09. The van der Waals surface area contributed by atoms with Gasteiger partial charge in [0.15, 0.2) is 5.13 Å². The molecule has 4 N–H and O–H groups in total. The molecule has 1 heterocycles. The zero-order valence-corrected chi connectivity index (χ0v) is 16.1. The molecule has 0 aliphatic carbocycles. The van der Waals surface area contributed by atoms with Gasteiger partial charge in [0.1, 0.15) is 5.82 Å². The molecule has 0 aliphatic rings. The van der Waals surface area contributed by atoms with Crippen molar-refractivity contribution in [3.63, 3.8) is 0 Å². The summed E-state index contributed by atoms with van der Waals surface area (Å²) < 4.78 is 13.2. The third-order valence-corrected chi connectivity index (χ3v) is 4.42. The van der Waals surface area contributed by atoms with Crippen LogP contribution in [0, 0.1) is 11.7 Å². The summed E-state index contributed by atoms with van der Waals surface area (Å²) in [6.07, 6.45) is 2.17. The third-order valence-electron chi connectivity index (χ3n) is 3.51. The van der Waals surface area contributed by atoms with E-state index in [1.165, 1.54) is 23.5 Å². The van der Waals surface area contributed by atoms with E-state index in [1.54, 1.807) is 12.3 Å². The van der Waals surface area contributed by atoms with Gasteiger partial charge in [0.2, 0.25) is 11.8 Å². The van der Waals surface area contributed by atoms with Crippen molar-refractivity contribution in [1.29, 1.82) is 0 Å². The highest BCUT2D eigenvalue weighted by atomic mass is 35.5. The Labute approximate surface area is 161 Å². The highest BCUT2D eigenvalue weighted by Crippen LogP contribution is 2.21. The van der Waals surface area contributed by atoms with Gasteiger partial charge in [0.05, 0.1) is 12.6 Å². The van der Waals surface area contributed by atoms with Gasteiger partial charge in [-0.2, -0.15) is 0 Å². The smallest absolute Gasteiger partial charge is 0.245 e. The van der Waals surface area contributed by atoms with Gasteiger partial charge >= 0.3 is 0 Å². The lowest BCUT2D eigenvalue weighted by Crippen LogP contribution is -2.46. The number of benzene rings is 1. The normalized spacial score (nSPS) is 11.6. The fourth-order valence-electron chi connectivity index (χ4n) is 2.05. The Morgan fingerprint density at radius 3 is 2.73 bits per heavy atom. The highest BCUT2D eigenvalue weighted by molar-refractivity contribution is 7.15. The molecule has 0 unspecified atom stereocenters. The third kappa shape index (κ3) is 6.70. The number of amides is 2. The monoisotopic (exact) mass is 400 g/mol. The molecule has 2 aromatic rings. The molecule has 0 fully saturated rings. The first-order valence-corrected chi connectivity index (χ1v) is 8.69. The zero-order valence-electron chi connectivity index (χ0n) is 14.5. The maximum Gasteiger partial charge on any atom is 0.245 e. The molecule has 1 aromatic heterocycles. The molecule has 6 nitrogen and oxygen atoms in total. The molecule has 9 heteroatoms. The topological polar surface area (TPSA) is 97.1 Å². The summed E-state index contributed by atoms with van der Waals surface area (Å²) in [4.78, 5) is 28.6. The van der Waals surface area contributed by atoms with Crippen LogP contribution in [-0.4, -0.2) is 29.4 Å². The van der Waals surface area contributed by atoms with Gasteiger partial charge < -0.3 is 16.4 Å². The Morgan fingerprint density at radius 1 is 1.35 bits per heavy atom. The van der Waals surface area contributed by atoms with Crippen LogP contribution in [0.1, 0.15) is 24.3 Å². The Kier molecular flexibility index (Phi) is 8.64. The molecule has 26 heavy (non-hydrogen) atoms. The van der Waals surface area contributed by atoms with Crippen LogP contribution in [0.15, 0.2) is 30.5 Å². The van der Waals surface area contributed by atoms with E-state index < -0.39 is 6.04 Å². The number of nitrogens with one attached hydrogen (secondary N) is 2. The number of nitrogens with two attached hydrogens (primary N) is 1. The average Bonchev–Trinajstić information content (AvgIpc) is 2.98. The number of carbonyl (C=O) groups excluding carboxylic acids is 2. The SMILES string of the molecule is CC(C)[C@H](N)C(=O)NCC(=O)Nc1ncc(Cc2cccc(F)c2)s1.Cl. The lowest BCUT2D eigenvalue weighted by atomic mass is 10.1. The van der Waals surface area contributed by atoms with Crippen molar-refractivity contribution in [2.24, 2.45) is 11.7 Å². The number of thiazole rings is 1. The number of aromatic nitrogens is 1. The minimum Gasteiger partial charge on any atom is -0.346 e. The minimum atomic E-state index is -0.648. The molecule has 1 aromatic carbocycles. The molecule has 0 radical (unpaired) electrons. The van der Waals surface area contributed by atoms with Gasteiger partial charge in [-0.1, -0.05) is 26.0 Å². The second-order valence-electron chi connectivity index (χ2n) is 5.97. The predicted octanol–water partition coefficient (Wildman–Crippen LogP) is 2.33. The molecule has 2 amide bonds. The molecule has 0 saturated carbocycles. The minimum absolute atomic E-state index is 0. The van der Waals surface area contributed by atoms with E-state index in [4.69, 9.17) is 5.73 Å². The number of halogens is 2. The van der Waals surface area contributed by atoms with Crippen molar-refractivity contribution in [2.75, 3.05) is 11.9 Å². The number of hydrogen-bond acceptors (Lipinski definition) is 5. The fraction of sp³-hybridized carbons (Fsp3) is 0.353. The summed E-state index contributed by atoms with van der Waals surface area (Å²) in [6, 6.07) is 5.69. The van der Waals surface area contributed by atoms with E-state index in [9.17, 15) is 14.0 Å². The number of carbonyl (C=O) groups is 2. The quantitative estimate of drug-likeness (QED) is 0.664. The second kappa shape index (κ2) is 10.2. The van der Waals surface area contributed by atoms with Crippen molar-refractivity contribution in [1.82, 2.24) is 10.3 Å². The molecular formula is C17H22ClFN4O2S. The van der Waals surface area contributed by atoms with Gasteiger partial charge in [-0.15, -0.1) is 23.7 Å². The Bertz CT molecular complexity index is 754. The van der Waals surface area contributed by atoms with Gasteiger partial charge in [0.25, 0.3) is 0 Å². The van der Waals surface area contributed by atoms with Crippen LogP contribution in [0.25, 0.3) is 0 Å². The van der Waals surface area contributed by atoms with E-state index in [-0.39, 0.29) is 42.5 Å². The van der Waals surface area contributed by atoms with Crippen molar-refractivity contribution in [3.8, 4) is 0 Å². The van der Waals surface area contributed by atoms with E-state index >= 15 is 0 Å². The lowest BCUT2D eigenvalue weighted by Gasteiger charge is -2.14. The molecule has 142 valence electrons. The maximum absolute atomic E-state index is 13.2. The van der Waals surface area contributed by atoms with Gasteiger partial charge in [0, 0.05) is 17.5 Å². The summed E-state index contributed by atoms with van der Waals surface area (Å²) >= 11 is 1.30. The molecule has 0 bridgehead atoms. The number of nitrogens with zero attached hydrogens (tertiary/aromatic N) is 1. The maximum atomic E-state index is 13.2. The summed E-state index contributed by atoms with van der Waals surface area (Å²) in [5.74, 6) is -1.04. The largest absolute Gasteiger partial charge is 0.346 e. The summed E-state index contributed by atoms with van der Waals surface area (Å²) in [6.45, 7) is 3.50. The summed E-state index contributed by atoms with van der Waals surface area (Å²) in [5, 5.41) is 5.55. The summed E-state index contributed by atoms with van der Waals surface area (Å²) in [5.41, 5.74) is 6.54. The number of anilines is 1. The van der Waals surface area contributed by atoms with Crippen molar-refractivity contribution >= 4 is 40.7 Å². The molecular weight excluding hydrogens is 379 g/mol. The first-order chi connectivity index (χ1) is 11.8. The molecule has 0 saturated heterocycles. The Morgan fingerprint density at radius 2 is 2.08 bits per heavy atom. The fourth-order valence-corrected chi connectivity index (χ4v) is 2.91. The summed E-state index contributed by atoms with van der Waals surface area (Å²) in [7, 11) is 0. The Hall–Kier alpha value is -2.03. The molecule has 0 aliphatic heterocycles. The van der Waals surface area contributed by atoms with E-state index in [0.29, 0.717) is 11.6 Å². The predicted molar refractivity (Wildman–Crippen MR) is 103 cm³/mol. The highest BCUT2D eigenvalue weighted by Gasteiger charge is 2.17. The van der Waals surface area contributed by atoms with Crippen LogP contribution in [0.2, 0.25) is 0 Å². The van der Waals surface area contributed by atoms with Crippen LogP contribution in [-0.2, 0) is 16.0 Å². The number of rotatable bonds is 7. The van der Waals surface area contributed by atoms with Gasteiger partial charge in [-0.05, 0) is 23.6 Å². The average molecular weight is 401 g/mol. The Balaban J connectivity index is 0.00000338. The van der Waals surface area contributed by atoms with Crippen LogP contribution in [0.3, 0.4) is 0 Å². The van der Waals surface area contributed by atoms with E-state index in [2.05, 4.69) is 15.6 Å². The van der Waals surface area contributed by atoms with Crippen molar-refractivity contribution < 1.29 is 14.0 Å². The molecule has 2 rings (SSSR count). The van der Waals surface area contributed by atoms with Crippen molar-refractivity contribution in [2.45, 2.75) is 26.3 Å². The standard InChI is InChI=1S/C17H21FN4O2S.ClH/c1-10(2)15(19)16(24)20-9-14(23)22-17-21-8-13(25-17)7-11-4-3-5-12(18)6-11;/h3-6,8,10,15H,7,9,19H2,1-2H3,(H,20,24)(H,21,22,23);1H/t15-;/m0./s1. The number of hydrogen-bond donors (Lipinski definition) is 3. The first-order valence-electron chi connectivity index (χ1n) is 7.87. The van der Waals surface area contributed by atoms with Crippen molar-refractivity contribution in [3.05, 3.63) is 46.7 Å². The van der Waals surface area contributed by atoms with E-state index in [0.717, 1.165) is 10.4 Å². The van der Waals surface area contributed by atoms with E-state index in [1.807, 2.05) is 19.9 Å².